The highest BCUT2D eigenvalue weighted by atomic mass is 32.2. The lowest BCUT2D eigenvalue weighted by molar-refractivity contribution is 0.0171. The zero-order chi connectivity index (χ0) is 30.1. The van der Waals surface area contributed by atoms with Crippen LogP contribution < -0.4 is 9.64 Å². The summed E-state index contributed by atoms with van der Waals surface area (Å²) in [6.45, 7) is 6.74. The molecule has 8 nitrogen and oxygen atoms in total. The van der Waals surface area contributed by atoms with Crippen LogP contribution in [0.2, 0.25) is 0 Å². The van der Waals surface area contributed by atoms with Gasteiger partial charge in [0.05, 0.1) is 21.6 Å². The highest BCUT2D eigenvalue weighted by molar-refractivity contribution is 7.89. The number of anilines is 1. The predicted octanol–water partition coefficient (Wildman–Crippen LogP) is 5.91. The summed E-state index contributed by atoms with van der Waals surface area (Å²) in [6.07, 6.45) is 5.30. The maximum Gasteiger partial charge on any atom is 0.274 e. The third kappa shape index (κ3) is 7.75. The number of hydrogen-bond donors (Lipinski definition) is 1. The number of hydrogen-bond acceptors (Lipinski definition) is 8. The smallest absolute Gasteiger partial charge is 0.274 e. The SMILES string of the molecule is CC(C)(O)CCCS(=O)(=O)N1CCC(c2ccc3nc(OC4CCN(c5ccc(C(C)(F)F)cn5)CC4)sc3c2)CC1. The number of nitrogens with zero attached hydrogens (tertiary/aromatic N) is 4. The van der Waals surface area contributed by atoms with E-state index in [-0.39, 0.29) is 17.4 Å². The number of ether oxygens (including phenoxy) is 1. The van der Waals surface area contributed by atoms with Crippen molar-refractivity contribution >= 4 is 37.4 Å². The number of rotatable bonds is 10. The van der Waals surface area contributed by atoms with E-state index < -0.39 is 21.5 Å². The van der Waals surface area contributed by atoms with Gasteiger partial charge in [-0.3, -0.25) is 0 Å². The van der Waals surface area contributed by atoms with Crippen molar-refractivity contribution in [2.45, 2.75) is 82.8 Å². The molecule has 0 aliphatic carbocycles. The third-order valence-electron chi connectivity index (χ3n) is 8.19. The zero-order valence-corrected chi connectivity index (χ0v) is 26.1. The molecule has 3 aromatic rings. The number of fused-ring (bicyclic) bond motifs is 1. The van der Waals surface area contributed by atoms with Crippen LogP contribution in [0, 0.1) is 0 Å². The van der Waals surface area contributed by atoms with Gasteiger partial charge in [0.25, 0.3) is 11.1 Å². The van der Waals surface area contributed by atoms with Crippen LogP contribution in [0.25, 0.3) is 10.2 Å². The summed E-state index contributed by atoms with van der Waals surface area (Å²) in [7, 11) is -3.32. The van der Waals surface area contributed by atoms with Gasteiger partial charge in [0.1, 0.15) is 11.9 Å². The quantitative estimate of drug-likeness (QED) is 0.300. The first kappa shape index (κ1) is 31.0. The van der Waals surface area contributed by atoms with Gasteiger partial charge in [-0.1, -0.05) is 17.4 Å². The Bertz CT molecular complexity index is 1450. The van der Waals surface area contributed by atoms with E-state index in [0.29, 0.717) is 42.9 Å². The largest absolute Gasteiger partial charge is 0.467 e. The molecular formula is C30H40F2N4O4S2. The Morgan fingerprint density at radius 2 is 1.76 bits per heavy atom. The predicted molar refractivity (Wildman–Crippen MR) is 162 cm³/mol. The Morgan fingerprint density at radius 1 is 1.05 bits per heavy atom. The maximum absolute atomic E-state index is 13.5. The molecule has 0 saturated carbocycles. The van der Waals surface area contributed by atoms with Gasteiger partial charge < -0.3 is 14.7 Å². The van der Waals surface area contributed by atoms with Crippen LogP contribution in [-0.4, -0.2) is 71.4 Å². The standard InChI is InChI=1S/C30H40F2N4O4S2/c1-29(2,37)13-4-18-42(38,39)36-16-9-21(10-17-36)22-5-7-25-26(19-22)41-28(34-25)40-24-11-14-35(15-12-24)27-8-6-23(20-33-27)30(3,31)32/h5-8,19-21,24,37H,4,9-18H2,1-3H3. The maximum atomic E-state index is 13.5. The van der Waals surface area contributed by atoms with Crippen molar-refractivity contribution in [3.8, 4) is 5.19 Å². The molecule has 0 atom stereocenters. The minimum atomic E-state index is -3.32. The number of benzene rings is 1. The topological polar surface area (TPSA) is 95.9 Å². The molecular weight excluding hydrogens is 582 g/mol. The van der Waals surface area contributed by atoms with E-state index in [1.54, 1.807) is 24.2 Å². The van der Waals surface area contributed by atoms with Gasteiger partial charge in [0.2, 0.25) is 10.0 Å². The lowest BCUT2D eigenvalue weighted by Gasteiger charge is -2.32. The van der Waals surface area contributed by atoms with Crippen molar-refractivity contribution in [1.82, 2.24) is 14.3 Å². The van der Waals surface area contributed by atoms with Crippen LogP contribution in [0.15, 0.2) is 36.5 Å². The molecule has 0 spiro atoms. The van der Waals surface area contributed by atoms with E-state index in [1.807, 2.05) is 6.07 Å². The fourth-order valence-electron chi connectivity index (χ4n) is 5.69. The minimum absolute atomic E-state index is 0.0234. The molecule has 0 radical (unpaired) electrons. The van der Waals surface area contributed by atoms with Gasteiger partial charge in [-0.05, 0) is 75.3 Å². The monoisotopic (exact) mass is 622 g/mol. The number of sulfonamides is 1. The van der Waals surface area contributed by atoms with Gasteiger partial charge in [-0.2, -0.15) is 0 Å². The summed E-state index contributed by atoms with van der Waals surface area (Å²) in [5.41, 5.74) is 1.15. The lowest BCUT2D eigenvalue weighted by atomic mass is 9.90. The molecule has 0 bridgehead atoms. The summed E-state index contributed by atoms with van der Waals surface area (Å²) in [5, 5.41) is 10.5. The van der Waals surface area contributed by atoms with Crippen molar-refractivity contribution in [3.63, 3.8) is 0 Å². The first-order valence-electron chi connectivity index (χ1n) is 14.6. The normalized spacial score (nSPS) is 18.6. The molecule has 42 heavy (non-hydrogen) atoms. The fraction of sp³-hybridized carbons (Fsp3) is 0.600. The molecule has 0 unspecified atom stereocenters. The molecule has 5 rings (SSSR count). The van der Waals surface area contributed by atoms with Crippen molar-refractivity contribution in [1.29, 1.82) is 0 Å². The second-order valence-corrected chi connectivity index (χ2v) is 15.3. The van der Waals surface area contributed by atoms with Crippen LogP contribution in [0.4, 0.5) is 14.6 Å². The number of pyridine rings is 1. The van der Waals surface area contributed by atoms with E-state index in [2.05, 4.69) is 27.0 Å². The molecule has 1 N–H and O–H groups in total. The highest BCUT2D eigenvalue weighted by Crippen LogP contribution is 2.36. The first-order chi connectivity index (χ1) is 19.8. The molecule has 2 aromatic heterocycles. The summed E-state index contributed by atoms with van der Waals surface area (Å²) in [4.78, 5) is 11.0. The average Bonchev–Trinajstić information content (AvgIpc) is 3.34. The van der Waals surface area contributed by atoms with Gasteiger partial charge in [0.15, 0.2) is 0 Å². The number of aromatic nitrogens is 2. The molecule has 4 heterocycles. The molecule has 0 amide bonds. The van der Waals surface area contributed by atoms with E-state index in [4.69, 9.17) is 4.74 Å². The summed E-state index contributed by atoms with van der Waals surface area (Å²) < 4.78 is 61.5. The van der Waals surface area contributed by atoms with Gasteiger partial charge in [0, 0.05) is 57.7 Å². The Hall–Kier alpha value is -2.41. The second kappa shape index (κ2) is 12.3. The number of aliphatic hydroxyl groups is 1. The lowest BCUT2D eigenvalue weighted by Crippen LogP contribution is -2.39. The van der Waals surface area contributed by atoms with E-state index in [9.17, 15) is 22.3 Å². The Labute approximate surface area is 250 Å². The Morgan fingerprint density at radius 3 is 2.38 bits per heavy atom. The summed E-state index contributed by atoms with van der Waals surface area (Å²) in [6, 6.07) is 9.37. The molecule has 12 heteroatoms. The summed E-state index contributed by atoms with van der Waals surface area (Å²) in [5.74, 6) is -1.84. The number of alkyl halides is 2. The van der Waals surface area contributed by atoms with E-state index in [1.165, 1.54) is 29.2 Å². The third-order valence-corrected chi connectivity index (χ3v) is 11.1. The van der Waals surface area contributed by atoms with Gasteiger partial charge >= 0.3 is 0 Å². The van der Waals surface area contributed by atoms with Crippen molar-refractivity contribution < 1.29 is 27.0 Å². The van der Waals surface area contributed by atoms with E-state index in [0.717, 1.165) is 55.9 Å². The van der Waals surface area contributed by atoms with Crippen molar-refractivity contribution in [2.75, 3.05) is 36.8 Å². The summed E-state index contributed by atoms with van der Waals surface area (Å²) >= 11 is 1.53. The molecule has 1 aromatic carbocycles. The van der Waals surface area contributed by atoms with Gasteiger partial charge in [-0.15, -0.1) is 0 Å². The molecule has 2 saturated heterocycles. The van der Waals surface area contributed by atoms with Crippen LogP contribution in [-0.2, 0) is 15.9 Å². The molecule has 2 aliphatic heterocycles. The van der Waals surface area contributed by atoms with E-state index >= 15 is 0 Å². The van der Waals surface area contributed by atoms with Crippen LogP contribution in [0.1, 0.15) is 76.3 Å². The van der Waals surface area contributed by atoms with Crippen LogP contribution >= 0.6 is 11.3 Å². The number of piperidine rings is 2. The molecule has 2 fully saturated rings. The number of halogens is 2. The minimum Gasteiger partial charge on any atom is -0.467 e. The molecule has 2 aliphatic rings. The average molecular weight is 623 g/mol. The highest BCUT2D eigenvalue weighted by Gasteiger charge is 2.30. The number of thiazole rings is 1. The molecule has 230 valence electrons. The fourth-order valence-corrected chi connectivity index (χ4v) is 8.15. The second-order valence-electron chi connectivity index (χ2n) is 12.2. The van der Waals surface area contributed by atoms with Crippen molar-refractivity contribution in [2.24, 2.45) is 0 Å². The van der Waals surface area contributed by atoms with Crippen LogP contribution in [0.5, 0.6) is 5.19 Å². The Balaban J connectivity index is 1.12. The van der Waals surface area contributed by atoms with Gasteiger partial charge in [-0.25, -0.2) is 31.5 Å². The Kier molecular flexibility index (Phi) is 9.08. The van der Waals surface area contributed by atoms with Crippen molar-refractivity contribution in [3.05, 3.63) is 47.7 Å². The van der Waals surface area contributed by atoms with Crippen LogP contribution in [0.3, 0.4) is 0 Å². The zero-order valence-electron chi connectivity index (χ0n) is 24.4. The first-order valence-corrected chi connectivity index (χ1v) is 17.1.